The topological polar surface area (TPSA) is 52.7 Å². The summed E-state index contributed by atoms with van der Waals surface area (Å²) in [4.78, 5) is 32.1. The number of likely N-dealkylation sites (tertiary alicyclic amines) is 1. The van der Waals surface area contributed by atoms with Gasteiger partial charge in [-0.2, -0.15) is 0 Å². The lowest BCUT2D eigenvalue weighted by atomic mass is 10.1. The molecule has 5 nitrogen and oxygen atoms in total. The first-order chi connectivity index (χ1) is 12.6. The summed E-state index contributed by atoms with van der Waals surface area (Å²) in [5.74, 6) is -0.111. The zero-order chi connectivity index (χ0) is 18.3. The van der Waals surface area contributed by atoms with Gasteiger partial charge in [0, 0.05) is 9.75 Å². The van der Waals surface area contributed by atoms with Crippen LogP contribution < -0.4 is 10.2 Å². The molecule has 1 N–H and O–H groups in total. The van der Waals surface area contributed by atoms with Crippen LogP contribution in [0.3, 0.4) is 0 Å². The molecule has 2 aliphatic rings. The fourth-order valence-electron chi connectivity index (χ4n) is 3.93. The largest absolute Gasteiger partial charge is 0.320 e. The second-order valence-corrected chi connectivity index (χ2v) is 8.40. The molecule has 0 radical (unpaired) electrons. The Kier molecular flexibility index (Phi) is 4.54. The van der Waals surface area contributed by atoms with E-state index in [0.29, 0.717) is 17.8 Å². The molecule has 0 saturated carbocycles. The maximum absolute atomic E-state index is 13.4. The average molecular weight is 369 g/mol. The van der Waals surface area contributed by atoms with E-state index in [1.165, 1.54) is 6.42 Å². The van der Waals surface area contributed by atoms with Gasteiger partial charge in [0.05, 0.1) is 29.2 Å². The molecule has 2 amide bonds. The third-order valence-electron chi connectivity index (χ3n) is 5.13. The molecule has 1 aromatic heterocycles. The number of rotatable bonds is 2. The van der Waals surface area contributed by atoms with Gasteiger partial charge in [-0.25, -0.2) is 0 Å². The van der Waals surface area contributed by atoms with Gasteiger partial charge in [0.25, 0.3) is 5.91 Å². The molecule has 0 atom stereocenters. The van der Waals surface area contributed by atoms with Crippen LogP contribution in [-0.2, 0) is 4.79 Å². The summed E-state index contributed by atoms with van der Waals surface area (Å²) < 4.78 is 0. The summed E-state index contributed by atoms with van der Waals surface area (Å²) in [7, 11) is 0. The first-order valence-electron chi connectivity index (χ1n) is 9.12. The Labute approximate surface area is 157 Å². The number of piperidine rings is 1. The van der Waals surface area contributed by atoms with E-state index in [1.54, 1.807) is 16.2 Å². The van der Waals surface area contributed by atoms with Crippen molar-refractivity contribution in [1.82, 2.24) is 4.90 Å². The Balaban J connectivity index is 1.80. The Morgan fingerprint density at radius 1 is 1.12 bits per heavy atom. The normalized spacial score (nSPS) is 17.3. The number of aryl methyl sites for hydroxylation is 2. The first-order valence-corrected chi connectivity index (χ1v) is 9.93. The van der Waals surface area contributed by atoms with Crippen molar-refractivity contribution in [3.05, 3.63) is 39.6 Å². The van der Waals surface area contributed by atoms with Gasteiger partial charge in [0.15, 0.2) is 0 Å². The van der Waals surface area contributed by atoms with Crippen LogP contribution in [0.15, 0.2) is 24.3 Å². The lowest BCUT2D eigenvalue weighted by molar-refractivity contribution is -0.119. The molecule has 26 heavy (non-hydrogen) atoms. The quantitative estimate of drug-likeness (QED) is 0.868. The van der Waals surface area contributed by atoms with E-state index < -0.39 is 0 Å². The summed E-state index contributed by atoms with van der Waals surface area (Å²) in [5, 5.41) is 2.98. The lowest BCUT2D eigenvalue weighted by Crippen LogP contribution is -2.40. The van der Waals surface area contributed by atoms with Crippen molar-refractivity contribution in [3.8, 4) is 0 Å². The first kappa shape index (κ1) is 17.2. The molecule has 136 valence electrons. The monoisotopic (exact) mass is 369 g/mol. The van der Waals surface area contributed by atoms with Crippen LogP contribution in [0.5, 0.6) is 0 Å². The summed E-state index contributed by atoms with van der Waals surface area (Å²) in [5.41, 5.74) is 2.81. The standard InChI is InChI=1S/C20H23N3O2S/c1-13-18-19(14(2)26-13)23(17(24)12-22-10-6-3-7-11-22)16-9-5-4-8-15(16)21-20(18)25/h4-5,8-9H,3,6-7,10-12H2,1-2H3,(H,21,25). The SMILES string of the molecule is Cc1sc(C)c2c1C(=O)Nc1ccccc1N2C(=O)CN1CCCCC1. The van der Waals surface area contributed by atoms with Gasteiger partial charge in [0.2, 0.25) is 5.91 Å². The second-order valence-electron chi connectivity index (χ2n) is 6.98. The Morgan fingerprint density at radius 3 is 2.62 bits per heavy atom. The summed E-state index contributed by atoms with van der Waals surface area (Å²) >= 11 is 1.57. The van der Waals surface area contributed by atoms with Crippen molar-refractivity contribution < 1.29 is 9.59 Å². The number of hydrogen-bond acceptors (Lipinski definition) is 4. The van der Waals surface area contributed by atoms with Crippen LogP contribution >= 0.6 is 11.3 Å². The van der Waals surface area contributed by atoms with Crippen molar-refractivity contribution in [2.24, 2.45) is 0 Å². The third-order valence-corrected chi connectivity index (χ3v) is 6.14. The van der Waals surface area contributed by atoms with Gasteiger partial charge in [-0.1, -0.05) is 18.6 Å². The molecule has 0 spiro atoms. The average Bonchev–Trinajstić information content (AvgIpc) is 2.83. The second kappa shape index (κ2) is 6.85. The maximum atomic E-state index is 13.4. The lowest BCUT2D eigenvalue weighted by Gasteiger charge is -2.30. The number of anilines is 3. The Bertz CT molecular complexity index is 868. The van der Waals surface area contributed by atoms with Crippen LogP contribution in [0.4, 0.5) is 17.1 Å². The van der Waals surface area contributed by atoms with E-state index in [-0.39, 0.29) is 11.8 Å². The molecular formula is C20H23N3O2S. The smallest absolute Gasteiger partial charge is 0.258 e. The molecule has 3 heterocycles. The van der Waals surface area contributed by atoms with Crippen molar-refractivity contribution in [3.63, 3.8) is 0 Å². The maximum Gasteiger partial charge on any atom is 0.258 e. The number of para-hydroxylation sites is 2. The number of fused-ring (bicyclic) bond motifs is 2. The van der Waals surface area contributed by atoms with E-state index >= 15 is 0 Å². The molecular weight excluding hydrogens is 346 g/mol. The van der Waals surface area contributed by atoms with Crippen molar-refractivity contribution in [2.45, 2.75) is 33.1 Å². The van der Waals surface area contributed by atoms with E-state index in [9.17, 15) is 9.59 Å². The Hall–Kier alpha value is -2.18. The minimum absolute atomic E-state index is 0.0259. The summed E-state index contributed by atoms with van der Waals surface area (Å²) in [6.45, 7) is 6.24. The highest BCUT2D eigenvalue weighted by Crippen LogP contribution is 2.44. The van der Waals surface area contributed by atoms with E-state index in [2.05, 4.69) is 10.2 Å². The van der Waals surface area contributed by atoms with Crippen LogP contribution in [0.1, 0.15) is 39.4 Å². The molecule has 1 saturated heterocycles. The molecule has 1 aromatic carbocycles. The molecule has 0 aliphatic carbocycles. The van der Waals surface area contributed by atoms with Crippen molar-refractivity contribution in [1.29, 1.82) is 0 Å². The van der Waals surface area contributed by atoms with Gasteiger partial charge < -0.3 is 5.32 Å². The molecule has 2 aliphatic heterocycles. The molecule has 0 unspecified atom stereocenters. The highest BCUT2D eigenvalue weighted by Gasteiger charge is 2.34. The molecule has 4 rings (SSSR count). The third kappa shape index (κ3) is 2.93. The molecule has 1 fully saturated rings. The summed E-state index contributed by atoms with van der Waals surface area (Å²) in [6.07, 6.45) is 3.53. The highest BCUT2D eigenvalue weighted by molar-refractivity contribution is 7.13. The number of nitrogens with one attached hydrogen (secondary N) is 1. The number of carbonyl (C=O) groups excluding carboxylic acids is 2. The van der Waals surface area contributed by atoms with Gasteiger partial charge in [-0.3, -0.25) is 19.4 Å². The number of nitrogens with zero attached hydrogens (tertiary/aromatic N) is 2. The van der Waals surface area contributed by atoms with Gasteiger partial charge in [0.1, 0.15) is 0 Å². The molecule has 0 bridgehead atoms. The van der Waals surface area contributed by atoms with Crippen LogP contribution in [0.2, 0.25) is 0 Å². The van der Waals surface area contributed by atoms with E-state index in [1.807, 2.05) is 38.1 Å². The Morgan fingerprint density at radius 2 is 1.85 bits per heavy atom. The van der Waals surface area contributed by atoms with Crippen molar-refractivity contribution in [2.75, 3.05) is 29.9 Å². The minimum Gasteiger partial charge on any atom is -0.320 e. The predicted molar refractivity (Wildman–Crippen MR) is 106 cm³/mol. The fourth-order valence-corrected chi connectivity index (χ4v) is 4.97. The van der Waals surface area contributed by atoms with Gasteiger partial charge in [-0.05, 0) is 51.9 Å². The van der Waals surface area contributed by atoms with Crippen LogP contribution in [0.25, 0.3) is 0 Å². The van der Waals surface area contributed by atoms with E-state index in [4.69, 9.17) is 0 Å². The highest BCUT2D eigenvalue weighted by atomic mass is 32.1. The fraction of sp³-hybridized carbons (Fsp3) is 0.400. The van der Waals surface area contributed by atoms with Crippen molar-refractivity contribution >= 4 is 40.2 Å². The van der Waals surface area contributed by atoms with Crippen LogP contribution in [0, 0.1) is 13.8 Å². The predicted octanol–water partition coefficient (Wildman–Crippen LogP) is 4.08. The zero-order valence-electron chi connectivity index (χ0n) is 15.2. The summed E-state index contributed by atoms with van der Waals surface area (Å²) in [6, 6.07) is 7.55. The number of hydrogen-bond donors (Lipinski definition) is 1. The minimum atomic E-state index is -0.137. The van der Waals surface area contributed by atoms with Gasteiger partial charge >= 0.3 is 0 Å². The van der Waals surface area contributed by atoms with E-state index in [0.717, 1.165) is 47.1 Å². The number of thiophene rings is 1. The zero-order valence-corrected chi connectivity index (χ0v) is 16.0. The van der Waals surface area contributed by atoms with Crippen LogP contribution in [-0.4, -0.2) is 36.3 Å². The number of amides is 2. The van der Waals surface area contributed by atoms with Gasteiger partial charge in [-0.15, -0.1) is 11.3 Å². The number of benzene rings is 1. The number of carbonyl (C=O) groups is 2. The molecule has 6 heteroatoms. The molecule has 2 aromatic rings.